The monoisotopic (exact) mass is 417 g/mol. The summed E-state index contributed by atoms with van der Waals surface area (Å²) in [5, 5.41) is 4.57. The molecule has 2 heterocycles. The summed E-state index contributed by atoms with van der Waals surface area (Å²) >= 11 is 0. The van der Waals surface area contributed by atoms with E-state index in [2.05, 4.69) is 10.00 Å². The number of piperazine rings is 1. The summed E-state index contributed by atoms with van der Waals surface area (Å²) in [6.07, 6.45) is 0. The molecule has 0 saturated carbocycles. The van der Waals surface area contributed by atoms with Crippen molar-refractivity contribution < 1.29 is 4.79 Å². The van der Waals surface area contributed by atoms with E-state index in [1.54, 1.807) is 12.1 Å². The first-order valence-corrected chi connectivity index (χ1v) is 10.4. The topological polar surface area (TPSA) is 61.7 Å². The first-order chi connectivity index (χ1) is 14.9. The molecule has 1 fully saturated rings. The van der Waals surface area contributed by atoms with Gasteiger partial charge in [0.25, 0.3) is 11.5 Å². The lowest BCUT2D eigenvalue weighted by Gasteiger charge is -2.35. The lowest BCUT2D eigenvalue weighted by Crippen LogP contribution is -2.49. The fraction of sp³-hybridized carbons (Fsp3) is 0.292. The van der Waals surface area contributed by atoms with Crippen molar-refractivity contribution in [3.05, 3.63) is 82.1 Å². The zero-order chi connectivity index (χ0) is 22.0. The van der Waals surface area contributed by atoms with Crippen molar-refractivity contribution in [1.82, 2.24) is 14.7 Å². The molecule has 0 N–H and O–H groups in total. The van der Waals surface area contributed by atoms with Gasteiger partial charge in [0, 0.05) is 57.6 Å². The van der Waals surface area contributed by atoms with Crippen LogP contribution in [0.5, 0.6) is 0 Å². The summed E-state index contributed by atoms with van der Waals surface area (Å²) in [7, 11) is 3.96. The quantitative estimate of drug-likeness (QED) is 0.653. The van der Waals surface area contributed by atoms with E-state index in [4.69, 9.17) is 0 Å². The van der Waals surface area contributed by atoms with Gasteiger partial charge in [-0.25, -0.2) is 0 Å². The van der Waals surface area contributed by atoms with E-state index in [1.807, 2.05) is 79.3 Å². The lowest BCUT2D eigenvalue weighted by molar-refractivity contribution is 0.0746. The minimum atomic E-state index is -0.164. The van der Waals surface area contributed by atoms with Gasteiger partial charge >= 0.3 is 0 Å². The smallest absolute Gasteiger partial charge is 0.271 e. The van der Waals surface area contributed by atoms with Crippen LogP contribution in [-0.4, -0.2) is 60.9 Å². The number of aryl methyl sites for hydroxylation is 1. The van der Waals surface area contributed by atoms with E-state index in [0.717, 1.165) is 22.8 Å². The highest BCUT2D eigenvalue weighted by Gasteiger charge is 2.23. The van der Waals surface area contributed by atoms with Gasteiger partial charge in [0.1, 0.15) is 5.82 Å². The Morgan fingerprint density at radius 3 is 2.13 bits per heavy atom. The standard InChI is InChI=1S/C24H27N5O2/c1-18-4-8-21(9-5-18)29-23(30)13-12-22(25-29)27-14-16-28(17-15-27)24(31)19-6-10-20(11-7-19)26(2)3/h4-13H,14-17H2,1-3H3. The summed E-state index contributed by atoms with van der Waals surface area (Å²) in [6, 6.07) is 18.7. The van der Waals surface area contributed by atoms with Gasteiger partial charge in [-0.3, -0.25) is 9.59 Å². The maximum atomic E-state index is 12.9. The Bertz CT molecular complexity index is 1110. The van der Waals surface area contributed by atoms with E-state index in [1.165, 1.54) is 4.68 Å². The Labute approximate surface area is 182 Å². The second-order valence-electron chi connectivity index (χ2n) is 8.00. The second-order valence-corrected chi connectivity index (χ2v) is 8.00. The van der Waals surface area contributed by atoms with Crippen LogP contribution in [0.25, 0.3) is 5.69 Å². The lowest BCUT2D eigenvalue weighted by atomic mass is 10.1. The van der Waals surface area contributed by atoms with Gasteiger partial charge in [-0.1, -0.05) is 17.7 Å². The number of rotatable bonds is 4. The van der Waals surface area contributed by atoms with E-state index in [9.17, 15) is 9.59 Å². The van der Waals surface area contributed by atoms with Crippen LogP contribution in [0.1, 0.15) is 15.9 Å². The number of nitrogens with zero attached hydrogens (tertiary/aromatic N) is 5. The molecule has 160 valence electrons. The first kappa shape index (κ1) is 20.7. The average Bonchev–Trinajstić information content (AvgIpc) is 2.80. The van der Waals surface area contributed by atoms with Crippen molar-refractivity contribution in [3.63, 3.8) is 0 Å². The Balaban J connectivity index is 1.45. The van der Waals surface area contributed by atoms with Gasteiger partial charge in [0.15, 0.2) is 0 Å². The van der Waals surface area contributed by atoms with Crippen molar-refractivity contribution in [2.75, 3.05) is 50.1 Å². The SMILES string of the molecule is Cc1ccc(-n2nc(N3CCN(C(=O)c4ccc(N(C)C)cc4)CC3)ccc2=O)cc1. The molecule has 1 aliphatic rings. The summed E-state index contributed by atoms with van der Waals surface area (Å²) in [4.78, 5) is 31.2. The molecule has 7 heteroatoms. The van der Waals surface area contributed by atoms with Gasteiger partial charge in [-0.2, -0.15) is 4.68 Å². The minimum Gasteiger partial charge on any atom is -0.378 e. The van der Waals surface area contributed by atoms with E-state index in [0.29, 0.717) is 31.7 Å². The molecule has 1 aromatic heterocycles. The number of carbonyl (C=O) groups excluding carboxylic acids is 1. The molecule has 0 aliphatic carbocycles. The van der Waals surface area contributed by atoms with Gasteiger partial charge in [-0.15, -0.1) is 5.10 Å². The van der Waals surface area contributed by atoms with Crippen molar-refractivity contribution >= 4 is 17.4 Å². The van der Waals surface area contributed by atoms with Gasteiger partial charge in [0.05, 0.1) is 5.69 Å². The summed E-state index contributed by atoms with van der Waals surface area (Å²) in [5.74, 6) is 0.783. The second kappa shape index (κ2) is 8.63. The molecule has 2 aromatic carbocycles. The van der Waals surface area contributed by atoms with Crippen LogP contribution in [0.2, 0.25) is 0 Å². The maximum Gasteiger partial charge on any atom is 0.271 e. The molecule has 1 amide bonds. The van der Waals surface area contributed by atoms with Crippen LogP contribution in [0.4, 0.5) is 11.5 Å². The van der Waals surface area contributed by atoms with Crippen LogP contribution in [0, 0.1) is 6.92 Å². The van der Waals surface area contributed by atoms with E-state index < -0.39 is 0 Å². The number of hydrogen-bond acceptors (Lipinski definition) is 5. The van der Waals surface area contributed by atoms with Crippen LogP contribution in [0.15, 0.2) is 65.5 Å². The average molecular weight is 418 g/mol. The fourth-order valence-electron chi connectivity index (χ4n) is 3.66. The van der Waals surface area contributed by atoms with Gasteiger partial charge in [-0.05, 0) is 49.4 Å². The van der Waals surface area contributed by atoms with Crippen molar-refractivity contribution in [1.29, 1.82) is 0 Å². The van der Waals surface area contributed by atoms with Crippen LogP contribution in [-0.2, 0) is 0 Å². The molecule has 7 nitrogen and oxygen atoms in total. The highest BCUT2D eigenvalue weighted by atomic mass is 16.2. The molecule has 0 unspecified atom stereocenters. The molecule has 4 rings (SSSR count). The molecule has 31 heavy (non-hydrogen) atoms. The number of anilines is 2. The highest BCUT2D eigenvalue weighted by molar-refractivity contribution is 5.94. The van der Waals surface area contributed by atoms with Crippen molar-refractivity contribution in [2.45, 2.75) is 6.92 Å². The first-order valence-electron chi connectivity index (χ1n) is 10.4. The molecule has 0 bridgehead atoms. The van der Waals surface area contributed by atoms with Crippen molar-refractivity contribution in [2.24, 2.45) is 0 Å². The molecule has 0 radical (unpaired) electrons. The number of hydrogen-bond donors (Lipinski definition) is 0. The number of aromatic nitrogens is 2. The highest BCUT2D eigenvalue weighted by Crippen LogP contribution is 2.17. The number of amides is 1. The van der Waals surface area contributed by atoms with E-state index in [-0.39, 0.29) is 11.5 Å². The van der Waals surface area contributed by atoms with Gasteiger partial charge in [0.2, 0.25) is 0 Å². The normalized spacial score (nSPS) is 13.9. The predicted molar refractivity (Wildman–Crippen MR) is 123 cm³/mol. The summed E-state index contributed by atoms with van der Waals surface area (Å²) in [6.45, 7) is 4.56. The molecule has 0 atom stereocenters. The Hall–Kier alpha value is -3.61. The third-order valence-corrected chi connectivity index (χ3v) is 5.59. The molecule has 0 spiro atoms. The number of benzene rings is 2. The van der Waals surface area contributed by atoms with Crippen LogP contribution >= 0.6 is 0 Å². The third kappa shape index (κ3) is 4.45. The molecule has 1 saturated heterocycles. The van der Waals surface area contributed by atoms with Crippen LogP contribution in [0.3, 0.4) is 0 Å². The molecule has 1 aliphatic heterocycles. The largest absolute Gasteiger partial charge is 0.378 e. The summed E-state index contributed by atoms with van der Waals surface area (Å²) in [5.41, 5.74) is 3.47. The van der Waals surface area contributed by atoms with Crippen LogP contribution < -0.4 is 15.4 Å². The fourth-order valence-corrected chi connectivity index (χ4v) is 3.66. The zero-order valence-electron chi connectivity index (χ0n) is 18.2. The molecule has 3 aromatic rings. The molecular weight excluding hydrogens is 390 g/mol. The Morgan fingerprint density at radius 1 is 0.871 bits per heavy atom. The zero-order valence-corrected chi connectivity index (χ0v) is 18.2. The molecular formula is C24H27N5O2. The van der Waals surface area contributed by atoms with E-state index >= 15 is 0 Å². The van der Waals surface area contributed by atoms with Crippen molar-refractivity contribution in [3.8, 4) is 5.69 Å². The maximum absolute atomic E-state index is 12.9. The number of carbonyl (C=O) groups is 1. The Morgan fingerprint density at radius 2 is 1.52 bits per heavy atom. The predicted octanol–water partition coefficient (Wildman–Crippen LogP) is 2.57. The third-order valence-electron chi connectivity index (χ3n) is 5.59. The summed E-state index contributed by atoms with van der Waals surface area (Å²) < 4.78 is 1.43. The van der Waals surface area contributed by atoms with Gasteiger partial charge < -0.3 is 14.7 Å². The Kier molecular flexibility index (Phi) is 5.75. The minimum absolute atomic E-state index is 0.0440.